The van der Waals surface area contributed by atoms with Crippen molar-refractivity contribution in [1.29, 1.82) is 0 Å². The van der Waals surface area contributed by atoms with Crippen molar-refractivity contribution < 1.29 is 9.90 Å². The van der Waals surface area contributed by atoms with Crippen molar-refractivity contribution in [2.75, 3.05) is 19.6 Å². The second-order valence-electron chi connectivity index (χ2n) is 7.90. The van der Waals surface area contributed by atoms with Crippen LogP contribution in [0.2, 0.25) is 0 Å². The van der Waals surface area contributed by atoms with E-state index in [0.29, 0.717) is 19.0 Å². The van der Waals surface area contributed by atoms with E-state index in [1.807, 2.05) is 12.1 Å². The molecule has 0 spiro atoms. The number of aromatic nitrogens is 1. The molecule has 0 saturated carbocycles. The lowest BCUT2D eigenvalue weighted by molar-refractivity contribution is -0.140. The maximum Gasteiger partial charge on any atom is 0.251 e. The molecule has 1 fully saturated rings. The highest BCUT2D eigenvalue weighted by Crippen LogP contribution is 2.22. The van der Waals surface area contributed by atoms with Gasteiger partial charge in [0, 0.05) is 32.0 Å². The largest absolute Gasteiger partial charge is 0.384 e. The number of amides is 1. The number of carbonyl (C=O) groups excluding carboxylic acids is 1. The van der Waals surface area contributed by atoms with Gasteiger partial charge in [0.25, 0.3) is 5.91 Å². The second-order valence-corrected chi connectivity index (χ2v) is 7.90. The molecule has 1 atom stereocenters. The molecule has 1 aromatic heterocycles. The third kappa shape index (κ3) is 5.63. The van der Waals surface area contributed by atoms with Gasteiger partial charge >= 0.3 is 0 Å². The van der Waals surface area contributed by atoms with Crippen LogP contribution in [0.25, 0.3) is 0 Å². The average molecular weight is 382 g/mol. The zero-order chi connectivity index (χ0) is 19.9. The summed E-state index contributed by atoms with van der Waals surface area (Å²) in [4.78, 5) is 20.9. The summed E-state index contributed by atoms with van der Waals surface area (Å²) in [6.45, 7) is 7.98. The molecule has 3 rings (SSSR count). The van der Waals surface area contributed by atoms with Crippen LogP contribution in [0.3, 0.4) is 0 Å². The Kier molecular flexibility index (Phi) is 7.18. The molecular weight excluding hydrogens is 350 g/mol. The van der Waals surface area contributed by atoms with Crippen molar-refractivity contribution >= 4 is 5.91 Å². The van der Waals surface area contributed by atoms with Gasteiger partial charge in [0.2, 0.25) is 0 Å². The molecule has 0 radical (unpaired) electrons. The van der Waals surface area contributed by atoms with Crippen molar-refractivity contribution in [3.05, 3.63) is 65.5 Å². The summed E-state index contributed by atoms with van der Waals surface area (Å²) in [5, 5.41) is 9.82. The van der Waals surface area contributed by atoms with Gasteiger partial charge in [-0.3, -0.25) is 14.7 Å². The Bertz CT molecular complexity index is 755. The molecule has 150 valence electrons. The number of carbonyl (C=O) groups is 1. The summed E-state index contributed by atoms with van der Waals surface area (Å²) in [6, 6.07) is 12.4. The number of nitrogens with zero attached hydrogens (tertiary/aromatic N) is 3. The molecule has 1 amide bonds. The Morgan fingerprint density at radius 1 is 1.25 bits per heavy atom. The third-order valence-electron chi connectivity index (χ3n) is 5.61. The highest BCUT2D eigenvalue weighted by Gasteiger charge is 2.26. The molecule has 0 unspecified atom stereocenters. The smallest absolute Gasteiger partial charge is 0.251 e. The first-order valence-electron chi connectivity index (χ1n) is 10.2. The van der Waals surface area contributed by atoms with Gasteiger partial charge in [-0.2, -0.15) is 0 Å². The predicted molar refractivity (Wildman–Crippen MR) is 111 cm³/mol. The van der Waals surface area contributed by atoms with Gasteiger partial charge in [0.1, 0.15) is 6.10 Å². The highest BCUT2D eigenvalue weighted by atomic mass is 16.3. The predicted octanol–water partition coefficient (Wildman–Crippen LogP) is 3.01. The summed E-state index contributed by atoms with van der Waals surface area (Å²) < 4.78 is 0. The van der Waals surface area contributed by atoms with Crippen molar-refractivity contribution in [3.8, 4) is 0 Å². The van der Waals surface area contributed by atoms with Gasteiger partial charge in [0.05, 0.1) is 0 Å². The molecule has 0 bridgehead atoms. The maximum atomic E-state index is 12.5. The zero-order valence-electron chi connectivity index (χ0n) is 16.9. The number of hydrogen-bond donors (Lipinski definition) is 1. The van der Waals surface area contributed by atoms with Crippen LogP contribution < -0.4 is 0 Å². The van der Waals surface area contributed by atoms with Crippen LogP contribution in [0.5, 0.6) is 0 Å². The lowest BCUT2D eigenvalue weighted by Gasteiger charge is -2.35. The summed E-state index contributed by atoms with van der Waals surface area (Å²) in [5.74, 6) is 0.263. The van der Waals surface area contributed by atoms with Crippen molar-refractivity contribution in [1.82, 2.24) is 14.8 Å². The van der Waals surface area contributed by atoms with Crippen LogP contribution in [-0.2, 0) is 17.9 Å². The summed E-state index contributed by atoms with van der Waals surface area (Å²) >= 11 is 0. The van der Waals surface area contributed by atoms with Crippen molar-refractivity contribution in [2.45, 2.75) is 45.9 Å². The standard InChI is InChI=1S/C23H31N3O2/c1-18-6-3-4-8-22(18)17-25-12-9-20(10-13-25)15-26(23(28)19(2)27)16-21-7-5-11-24-14-21/h3-8,11,14,19-20,27H,9-10,12-13,15-17H2,1-2H3/t19-/m1/s1. The minimum atomic E-state index is -0.974. The number of rotatable bonds is 7. The van der Waals surface area contributed by atoms with E-state index in [4.69, 9.17) is 0 Å². The van der Waals surface area contributed by atoms with Crippen LogP contribution in [0, 0.1) is 12.8 Å². The molecule has 0 aliphatic carbocycles. The van der Waals surface area contributed by atoms with E-state index < -0.39 is 6.10 Å². The minimum absolute atomic E-state index is 0.203. The zero-order valence-corrected chi connectivity index (χ0v) is 16.9. The number of aliphatic hydroxyl groups excluding tert-OH is 1. The fourth-order valence-electron chi connectivity index (χ4n) is 3.88. The van der Waals surface area contributed by atoms with Crippen molar-refractivity contribution in [3.63, 3.8) is 0 Å². The normalized spacial score (nSPS) is 16.7. The van der Waals surface area contributed by atoms with Gasteiger partial charge in [-0.05, 0) is 68.5 Å². The first-order chi connectivity index (χ1) is 13.5. The first kappa shape index (κ1) is 20.5. The lowest BCUT2D eigenvalue weighted by Crippen LogP contribution is -2.43. The fraction of sp³-hybridized carbons (Fsp3) is 0.478. The Balaban J connectivity index is 1.55. The number of likely N-dealkylation sites (tertiary alicyclic amines) is 1. The lowest BCUT2D eigenvalue weighted by atomic mass is 9.95. The maximum absolute atomic E-state index is 12.5. The monoisotopic (exact) mass is 381 g/mol. The number of benzene rings is 1. The number of aliphatic hydroxyl groups is 1. The van der Waals surface area contributed by atoms with E-state index in [1.165, 1.54) is 11.1 Å². The van der Waals surface area contributed by atoms with Gasteiger partial charge in [0.15, 0.2) is 0 Å². The summed E-state index contributed by atoms with van der Waals surface area (Å²) in [7, 11) is 0. The van der Waals surface area contributed by atoms with Crippen LogP contribution in [0.15, 0.2) is 48.8 Å². The average Bonchev–Trinajstić information content (AvgIpc) is 2.71. The summed E-state index contributed by atoms with van der Waals surface area (Å²) in [6.07, 6.45) is 4.69. The first-order valence-corrected chi connectivity index (χ1v) is 10.2. The quantitative estimate of drug-likeness (QED) is 0.801. The minimum Gasteiger partial charge on any atom is -0.384 e. The molecule has 2 heterocycles. The van der Waals surface area contributed by atoms with Crippen LogP contribution >= 0.6 is 0 Å². The molecule has 1 N–H and O–H groups in total. The third-order valence-corrected chi connectivity index (χ3v) is 5.61. The van der Waals surface area contributed by atoms with Gasteiger partial charge in [-0.1, -0.05) is 30.3 Å². The number of hydrogen-bond acceptors (Lipinski definition) is 4. The van der Waals surface area contributed by atoms with Crippen LogP contribution in [0.1, 0.15) is 36.5 Å². The van der Waals surface area contributed by atoms with E-state index in [1.54, 1.807) is 24.2 Å². The van der Waals surface area contributed by atoms with Gasteiger partial charge in [-0.15, -0.1) is 0 Å². The van der Waals surface area contributed by atoms with Gasteiger partial charge in [-0.25, -0.2) is 0 Å². The molecule has 2 aromatic rings. The SMILES string of the molecule is Cc1ccccc1CN1CCC(CN(Cc2cccnc2)C(=O)[C@@H](C)O)CC1. The molecule has 1 aliphatic rings. The molecule has 5 nitrogen and oxygen atoms in total. The molecule has 1 aromatic carbocycles. The summed E-state index contributed by atoms with van der Waals surface area (Å²) in [5.41, 5.74) is 3.73. The van der Waals surface area contributed by atoms with E-state index in [2.05, 4.69) is 41.1 Å². The van der Waals surface area contributed by atoms with E-state index >= 15 is 0 Å². The number of pyridine rings is 1. The highest BCUT2D eigenvalue weighted by molar-refractivity contribution is 5.80. The van der Waals surface area contributed by atoms with Crippen LogP contribution in [-0.4, -0.2) is 51.5 Å². The van der Waals surface area contributed by atoms with Gasteiger partial charge < -0.3 is 10.0 Å². The number of aryl methyl sites for hydroxylation is 1. The molecule has 5 heteroatoms. The van der Waals surface area contributed by atoms with Crippen molar-refractivity contribution in [2.24, 2.45) is 5.92 Å². The Hall–Kier alpha value is -2.24. The van der Waals surface area contributed by atoms with E-state index in [9.17, 15) is 9.90 Å². The Labute approximate surface area is 168 Å². The second kappa shape index (κ2) is 9.80. The molecular formula is C23H31N3O2. The van der Waals surface area contributed by atoms with Crippen LogP contribution in [0.4, 0.5) is 0 Å². The molecule has 1 saturated heterocycles. The Morgan fingerprint density at radius 2 is 2.00 bits per heavy atom. The fourth-order valence-corrected chi connectivity index (χ4v) is 3.88. The van der Waals surface area contributed by atoms with E-state index in [0.717, 1.165) is 38.0 Å². The topological polar surface area (TPSA) is 56.7 Å². The Morgan fingerprint density at radius 3 is 2.64 bits per heavy atom. The van der Waals surface area contributed by atoms with E-state index in [-0.39, 0.29) is 5.91 Å². The molecule has 1 aliphatic heterocycles. The number of piperidine rings is 1. The molecule has 28 heavy (non-hydrogen) atoms.